The minimum atomic E-state index is -0.726. The first-order valence-corrected chi connectivity index (χ1v) is 5.45. The molecule has 1 aromatic heterocycles. The van der Waals surface area contributed by atoms with Gasteiger partial charge < -0.3 is 4.74 Å². The van der Waals surface area contributed by atoms with Crippen LogP contribution >= 0.6 is 0 Å². The molecular formula is C12H11N3O3. The number of ether oxygens (including phenoxy) is 1. The van der Waals surface area contributed by atoms with Gasteiger partial charge in [0.2, 0.25) is 0 Å². The minimum absolute atomic E-state index is 0.105. The highest BCUT2D eigenvalue weighted by Gasteiger charge is 2.18. The number of imidazole rings is 1. The Labute approximate surface area is 103 Å². The van der Waals surface area contributed by atoms with E-state index >= 15 is 0 Å². The van der Waals surface area contributed by atoms with Gasteiger partial charge >= 0.3 is 11.8 Å². The van der Waals surface area contributed by atoms with Crippen LogP contribution in [0.4, 0.5) is 4.79 Å². The lowest BCUT2D eigenvalue weighted by atomic mass is 10.3. The number of para-hydroxylation sites is 2. The molecule has 0 N–H and O–H groups in total. The molecule has 0 saturated heterocycles. The Morgan fingerprint density at radius 1 is 1.39 bits per heavy atom. The Hall–Kier alpha value is -2.55. The molecule has 92 valence electrons. The molecule has 0 unspecified atom stereocenters. The standard InChI is InChI=1S/C12H11N3O3/c1-2-18-12(17)15-10-6-4-3-5-9(10)14(8-7-13)11(15)16/h3-6H,2,8H2,1H3. The average molecular weight is 245 g/mol. The molecule has 1 heterocycles. The molecule has 6 heteroatoms. The summed E-state index contributed by atoms with van der Waals surface area (Å²) in [5, 5.41) is 8.72. The number of aromatic nitrogens is 2. The van der Waals surface area contributed by atoms with Crippen LogP contribution in [0.1, 0.15) is 6.92 Å². The molecule has 0 aliphatic rings. The third-order valence-corrected chi connectivity index (χ3v) is 2.51. The topological polar surface area (TPSA) is 77.0 Å². The van der Waals surface area contributed by atoms with Gasteiger partial charge in [0.15, 0.2) is 0 Å². The average Bonchev–Trinajstić information content (AvgIpc) is 2.64. The number of nitrogens with zero attached hydrogens (tertiary/aromatic N) is 3. The van der Waals surface area contributed by atoms with E-state index in [1.165, 1.54) is 4.57 Å². The number of carbonyl (C=O) groups excluding carboxylic acids is 1. The first-order valence-electron chi connectivity index (χ1n) is 5.45. The second-order valence-corrected chi connectivity index (χ2v) is 3.55. The van der Waals surface area contributed by atoms with Crippen molar-refractivity contribution in [3.63, 3.8) is 0 Å². The molecule has 0 saturated carbocycles. The molecule has 0 aliphatic carbocycles. The van der Waals surface area contributed by atoms with Crippen molar-refractivity contribution < 1.29 is 9.53 Å². The second-order valence-electron chi connectivity index (χ2n) is 3.55. The Bertz CT molecular complexity index is 691. The summed E-state index contributed by atoms with van der Waals surface area (Å²) in [6.45, 7) is 1.74. The highest BCUT2D eigenvalue weighted by atomic mass is 16.5. The molecule has 6 nitrogen and oxygen atoms in total. The zero-order valence-electron chi connectivity index (χ0n) is 9.79. The van der Waals surface area contributed by atoms with Gasteiger partial charge in [-0.15, -0.1) is 0 Å². The van der Waals surface area contributed by atoms with Crippen molar-refractivity contribution in [2.75, 3.05) is 6.61 Å². The molecule has 18 heavy (non-hydrogen) atoms. The van der Waals surface area contributed by atoms with E-state index in [0.717, 1.165) is 4.57 Å². The number of rotatable bonds is 2. The largest absolute Gasteiger partial charge is 0.449 e. The summed E-state index contributed by atoms with van der Waals surface area (Å²) in [5.41, 5.74) is 0.421. The number of carbonyl (C=O) groups is 1. The van der Waals surface area contributed by atoms with Crippen molar-refractivity contribution in [3.8, 4) is 6.07 Å². The predicted molar refractivity (Wildman–Crippen MR) is 64.2 cm³/mol. The Morgan fingerprint density at radius 3 is 2.67 bits per heavy atom. The number of nitriles is 1. The van der Waals surface area contributed by atoms with Crippen molar-refractivity contribution in [3.05, 3.63) is 34.7 Å². The molecule has 0 amide bonds. The van der Waals surface area contributed by atoms with Gasteiger partial charge in [-0.1, -0.05) is 12.1 Å². The summed E-state index contributed by atoms with van der Waals surface area (Å²) in [6, 6.07) is 8.68. The predicted octanol–water partition coefficient (Wildman–Crippen LogP) is 1.33. The molecular weight excluding hydrogens is 234 g/mol. The van der Waals surface area contributed by atoms with Gasteiger partial charge in [-0.05, 0) is 19.1 Å². The van der Waals surface area contributed by atoms with E-state index in [4.69, 9.17) is 10.00 Å². The lowest BCUT2D eigenvalue weighted by Crippen LogP contribution is -2.29. The summed E-state index contributed by atoms with van der Waals surface area (Å²) in [6.07, 6.45) is -0.726. The van der Waals surface area contributed by atoms with Crippen molar-refractivity contribution in [1.29, 1.82) is 5.26 Å². The number of benzene rings is 1. The van der Waals surface area contributed by atoms with Crippen LogP contribution in [0.2, 0.25) is 0 Å². The van der Waals surface area contributed by atoms with Gasteiger partial charge in [0.05, 0.1) is 23.7 Å². The fraction of sp³-hybridized carbons (Fsp3) is 0.250. The quantitative estimate of drug-likeness (QED) is 0.799. The monoisotopic (exact) mass is 245 g/mol. The smallest absolute Gasteiger partial charge is 0.422 e. The lowest BCUT2D eigenvalue weighted by molar-refractivity contribution is 0.154. The summed E-state index contributed by atoms with van der Waals surface area (Å²) in [5.74, 6) is 0. The number of hydrogen-bond donors (Lipinski definition) is 0. The van der Waals surface area contributed by atoms with Crippen LogP contribution < -0.4 is 5.69 Å². The maximum Gasteiger partial charge on any atom is 0.422 e. The highest BCUT2D eigenvalue weighted by Crippen LogP contribution is 2.12. The van der Waals surface area contributed by atoms with Crippen LogP contribution in [0.5, 0.6) is 0 Å². The van der Waals surface area contributed by atoms with E-state index in [-0.39, 0.29) is 13.2 Å². The van der Waals surface area contributed by atoms with Crippen LogP contribution in [0.3, 0.4) is 0 Å². The molecule has 1 aromatic carbocycles. The van der Waals surface area contributed by atoms with Gasteiger partial charge in [-0.3, -0.25) is 4.57 Å². The lowest BCUT2D eigenvalue weighted by Gasteiger charge is -2.01. The van der Waals surface area contributed by atoms with Gasteiger partial charge in [0.25, 0.3) is 0 Å². The Balaban J connectivity index is 2.74. The van der Waals surface area contributed by atoms with Crippen molar-refractivity contribution in [2.24, 2.45) is 0 Å². The van der Waals surface area contributed by atoms with E-state index in [9.17, 15) is 9.59 Å². The number of fused-ring (bicyclic) bond motifs is 1. The number of hydrogen-bond acceptors (Lipinski definition) is 4. The third kappa shape index (κ3) is 1.76. The third-order valence-electron chi connectivity index (χ3n) is 2.51. The second kappa shape index (κ2) is 4.75. The van der Waals surface area contributed by atoms with Gasteiger partial charge in [-0.25, -0.2) is 9.59 Å². The zero-order valence-corrected chi connectivity index (χ0v) is 9.79. The molecule has 2 rings (SSSR count). The fourth-order valence-corrected chi connectivity index (χ4v) is 1.80. The maximum atomic E-state index is 12.1. The molecule has 0 atom stereocenters. The van der Waals surface area contributed by atoms with E-state index in [1.807, 2.05) is 6.07 Å². The summed E-state index contributed by atoms with van der Waals surface area (Å²) in [7, 11) is 0. The van der Waals surface area contributed by atoms with Crippen LogP contribution in [-0.4, -0.2) is 21.8 Å². The first kappa shape index (κ1) is 11.9. The van der Waals surface area contributed by atoms with Gasteiger partial charge in [0, 0.05) is 0 Å². The maximum absolute atomic E-state index is 12.1. The van der Waals surface area contributed by atoms with Crippen LogP contribution in [0.25, 0.3) is 11.0 Å². The van der Waals surface area contributed by atoms with E-state index in [2.05, 4.69) is 0 Å². The molecule has 0 bridgehead atoms. The molecule has 0 spiro atoms. The fourth-order valence-electron chi connectivity index (χ4n) is 1.80. The summed E-state index contributed by atoms with van der Waals surface area (Å²) >= 11 is 0. The summed E-state index contributed by atoms with van der Waals surface area (Å²) in [4.78, 5) is 23.8. The SMILES string of the molecule is CCOC(=O)n1c(=O)n(CC#N)c2ccccc21. The molecule has 0 radical (unpaired) electrons. The Kier molecular flexibility index (Phi) is 3.15. The Morgan fingerprint density at radius 2 is 2.06 bits per heavy atom. The van der Waals surface area contributed by atoms with Gasteiger partial charge in [0.1, 0.15) is 6.54 Å². The van der Waals surface area contributed by atoms with Crippen molar-refractivity contribution in [2.45, 2.75) is 13.5 Å². The van der Waals surface area contributed by atoms with Crippen molar-refractivity contribution in [1.82, 2.24) is 9.13 Å². The molecule has 2 aromatic rings. The summed E-state index contributed by atoms with van der Waals surface area (Å²) < 4.78 is 7.02. The normalized spacial score (nSPS) is 10.2. The zero-order chi connectivity index (χ0) is 13.1. The van der Waals surface area contributed by atoms with Crippen LogP contribution in [-0.2, 0) is 11.3 Å². The highest BCUT2D eigenvalue weighted by molar-refractivity contribution is 5.86. The van der Waals surface area contributed by atoms with Crippen LogP contribution in [0, 0.1) is 11.3 Å². The van der Waals surface area contributed by atoms with E-state index in [1.54, 1.807) is 31.2 Å². The van der Waals surface area contributed by atoms with Crippen molar-refractivity contribution >= 4 is 17.1 Å². The van der Waals surface area contributed by atoms with Crippen LogP contribution in [0.15, 0.2) is 29.1 Å². The minimum Gasteiger partial charge on any atom is -0.449 e. The van der Waals surface area contributed by atoms with E-state index < -0.39 is 11.8 Å². The van der Waals surface area contributed by atoms with Gasteiger partial charge in [-0.2, -0.15) is 9.83 Å². The molecule has 0 aliphatic heterocycles. The first-order chi connectivity index (χ1) is 8.70. The van der Waals surface area contributed by atoms with E-state index in [0.29, 0.717) is 11.0 Å². The molecule has 0 fully saturated rings.